The number of nitrogens with one attached hydrogen (secondary N) is 1. The SMILES string of the molecule is CCc1ccc(CC(NC)C2COCCO2)cc1. The van der Waals surface area contributed by atoms with E-state index in [-0.39, 0.29) is 6.10 Å². The Morgan fingerprint density at radius 2 is 1.94 bits per heavy atom. The first kappa shape index (κ1) is 13.5. The molecule has 0 spiro atoms. The van der Waals surface area contributed by atoms with Crippen molar-refractivity contribution in [2.24, 2.45) is 0 Å². The first-order chi connectivity index (χ1) is 8.83. The summed E-state index contributed by atoms with van der Waals surface area (Å²) in [4.78, 5) is 0. The van der Waals surface area contributed by atoms with Crippen LogP contribution in [0.3, 0.4) is 0 Å². The summed E-state index contributed by atoms with van der Waals surface area (Å²) in [7, 11) is 1.99. The lowest BCUT2D eigenvalue weighted by Gasteiger charge is -2.30. The fourth-order valence-electron chi connectivity index (χ4n) is 2.32. The minimum atomic E-state index is 0.162. The zero-order valence-electron chi connectivity index (χ0n) is 11.3. The van der Waals surface area contributed by atoms with Gasteiger partial charge in [0.25, 0.3) is 0 Å². The molecular formula is C15H23NO2. The number of ether oxygens (including phenoxy) is 2. The molecule has 1 N–H and O–H groups in total. The largest absolute Gasteiger partial charge is 0.376 e. The van der Waals surface area contributed by atoms with Crippen molar-refractivity contribution in [2.75, 3.05) is 26.9 Å². The Balaban J connectivity index is 1.95. The number of aryl methyl sites for hydroxylation is 1. The Bertz CT molecular complexity index is 344. The molecule has 0 aliphatic carbocycles. The number of likely N-dealkylation sites (N-methyl/N-ethyl adjacent to an activating group) is 1. The van der Waals surface area contributed by atoms with Crippen LogP contribution in [-0.4, -0.2) is 39.0 Å². The van der Waals surface area contributed by atoms with Crippen LogP contribution in [0, 0.1) is 0 Å². The molecular weight excluding hydrogens is 226 g/mol. The molecule has 0 saturated carbocycles. The first-order valence-corrected chi connectivity index (χ1v) is 6.78. The monoisotopic (exact) mass is 249 g/mol. The van der Waals surface area contributed by atoms with Gasteiger partial charge in [0, 0.05) is 6.04 Å². The molecule has 2 rings (SSSR count). The molecule has 1 heterocycles. The summed E-state index contributed by atoms with van der Waals surface area (Å²) in [6.45, 7) is 4.30. The highest BCUT2D eigenvalue weighted by molar-refractivity contribution is 5.23. The molecule has 3 heteroatoms. The minimum absolute atomic E-state index is 0.162. The van der Waals surface area contributed by atoms with E-state index in [1.807, 2.05) is 7.05 Å². The Labute approximate surface area is 109 Å². The lowest BCUT2D eigenvalue weighted by atomic mass is 10.00. The van der Waals surface area contributed by atoms with E-state index in [1.54, 1.807) is 0 Å². The highest BCUT2D eigenvalue weighted by Crippen LogP contribution is 2.13. The highest BCUT2D eigenvalue weighted by atomic mass is 16.6. The molecule has 18 heavy (non-hydrogen) atoms. The fourth-order valence-corrected chi connectivity index (χ4v) is 2.32. The zero-order chi connectivity index (χ0) is 12.8. The van der Waals surface area contributed by atoms with E-state index in [0.717, 1.165) is 19.4 Å². The standard InChI is InChI=1S/C15H23NO2/c1-3-12-4-6-13(7-5-12)10-14(16-2)15-11-17-8-9-18-15/h4-7,14-16H,3,8-11H2,1-2H3. The molecule has 3 nitrogen and oxygen atoms in total. The molecule has 2 unspecified atom stereocenters. The third kappa shape index (κ3) is 3.55. The summed E-state index contributed by atoms with van der Waals surface area (Å²) >= 11 is 0. The van der Waals surface area contributed by atoms with Crippen molar-refractivity contribution in [1.82, 2.24) is 5.32 Å². The molecule has 0 aromatic heterocycles. The van der Waals surface area contributed by atoms with Crippen LogP contribution in [0.15, 0.2) is 24.3 Å². The second kappa shape index (κ2) is 6.88. The van der Waals surface area contributed by atoms with Gasteiger partial charge in [0.1, 0.15) is 0 Å². The summed E-state index contributed by atoms with van der Waals surface area (Å²) < 4.78 is 11.2. The van der Waals surface area contributed by atoms with Gasteiger partial charge in [-0.25, -0.2) is 0 Å². The van der Waals surface area contributed by atoms with Crippen LogP contribution in [0.25, 0.3) is 0 Å². The van der Waals surface area contributed by atoms with E-state index in [2.05, 4.69) is 36.5 Å². The van der Waals surface area contributed by atoms with Crippen LogP contribution in [-0.2, 0) is 22.3 Å². The van der Waals surface area contributed by atoms with Gasteiger partial charge in [-0.1, -0.05) is 31.2 Å². The van der Waals surface area contributed by atoms with Crippen LogP contribution >= 0.6 is 0 Å². The van der Waals surface area contributed by atoms with Crippen molar-refractivity contribution in [3.8, 4) is 0 Å². The normalized spacial score (nSPS) is 21.8. The topological polar surface area (TPSA) is 30.5 Å². The summed E-state index contributed by atoms with van der Waals surface area (Å²) in [6.07, 6.45) is 2.23. The van der Waals surface area contributed by atoms with Crippen LogP contribution < -0.4 is 5.32 Å². The summed E-state index contributed by atoms with van der Waals surface area (Å²) in [5, 5.41) is 3.34. The molecule has 1 aliphatic heterocycles. The molecule has 1 aromatic rings. The van der Waals surface area contributed by atoms with Gasteiger partial charge in [0.15, 0.2) is 0 Å². The summed E-state index contributed by atoms with van der Waals surface area (Å²) in [5.74, 6) is 0. The predicted octanol–water partition coefficient (Wildman–Crippen LogP) is 1.79. The van der Waals surface area contributed by atoms with E-state index in [1.165, 1.54) is 11.1 Å². The van der Waals surface area contributed by atoms with Crippen LogP contribution in [0.1, 0.15) is 18.1 Å². The summed E-state index contributed by atoms with van der Waals surface area (Å²) in [5.41, 5.74) is 2.73. The Hall–Kier alpha value is -0.900. The van der Waals surface area contributed by atoms with E-state index < -0.39 is 0 Å². The highest BCUT2D eigenvalue weighted by Gasteiger charge is 2.23. The van der Waals surface area contributed by atoms with Gasteiger partial charge in [-0.2, -0.15) is 0 Å². The van der Waals surface area contributed by atoms with Crippen molar-refractivity contribution >= 4 is 0 Å². The Morgan fingerprint density at radius 3 is 2.50 bits per heavy atom. The smallest absolute Gasteiger partial charge is 0.0965 e. The average Bonchev–Trinajstić information content (AvgIpc) is 2.46. The van der Waals surface area contributed by atoms with Gasteiger partial charge in [-0.15, -0.1) is 0 Å². The molecule has 2 atom stereocenters. The van der Waals surface area contributed by atoms with Gasteiger partial charge >= 0.3 is 0 Å². The number of rotatable bonds is 5. The molecule has 1 aliphatic rings. The van der Waals surface area contributed by atoms with Crippen molar-refractivity contribution in [3.05, 3.63) is 35.4 Å². The van der Waals surface area contributed by atoms with Crippen molar-refractivity contribution in [3.63, 3.8) is 0 Å². The van der Waals surface area contributed by atoms with Crippen LogP contribution in [0.5, 0.6) is 0 Å². The number of hydrogen-bond donors (Lipinski definition) is 1. The van der Waals surface area contributed by atoms with Crippen molar-refractivity contribution < 1.29 is 9.47 Å². The maximum Gasteiger partial charge on any atom is 0.0965 e. The fraction of sp³-hybridized carbons (Fsp3) is 0.600. The van der Waals surface area contributed by atoms with Crippen molar-refractivity contribution in [2.45, 2.75) is 31.9 Å². The van der Waals surface area contributed by atoms with Crippen LogP contribution in [0.2, 0.25) is 0 Å². The lowest BCUT2D eigenvalue weighted by Crippen LogP contribution is -2.46. The number of hydrogen-bond acceptors (Lipinski definition) is 3. The Kier molecular flexibility index (Phi) is 5.17. The van der Waals surface area contributed by atoms with Gasteiger partial charge in [0.2, 0.25) is 0 Å². The van der Waals surface area contributed by atoms with E-state index >= 15 is 0 Å². The molecule has 0 radical (unpaired) electrons. The molecule has 100 valence electrons. The summed E-state index contributed by atoms with van der Waals surface area (Å²) in [6, 6.07) is 9.16. The molecule has 1 fully saturated rings. The van der Waals surface area contributed by atoms with Gasteiger partial charge < -0.3 is 14.8 Å². The average molecular weight is 249 g/mol. The van der Waals surface area contributed by atoms with E-state index in [9.17, 15) is 0 Å². The van der Waals surface area contributed by atoms with Crippen LogP contribution in [0.4, 0.5) is 0 Å². The second-order valence-electron chi connectivity index (χ2n) is 4.75. The molecule has 0 amide bonds. The quantitative estimate of drug-likeness (QED) is 0.863. The minimum Gasteiger partial charge on any atom is -0.376 e. The van der Waals surface area contributed by atoms with E-state index in [4.69, 9.17) is 9.47 Å². The third-order valence-electron chi connectivity index (χ3n) is 3.55. The van der Waals surface area contributed by atoms with Gasteiger partial charge in [0.05, 0.1) is 25.9 Å². The lowest BCUT2D eigenvalue weighted by molar-refractivity contribution is -0.100. The molecule has 1 aromatic carbocycles. The maximum absolute atomic E-state index is 5.76. The predicted molar refractivity (Wildman–Crippen MR) is 72.9 cm³/mol. The van der Waals surface area contributed by atoms with Gasteiger partial charge in [-0.05, 0) is 31.0 Å². The first-order valence-electron chi connectivity index (χ1n) is 6.78. The number of benzene rings is 1. The van der Waals surface area contributed by atoms with E-state index in [0.29, 0.717) is 19.3 Å². The molecule has 0 bridgehead atoms. The molecule has 1 saturated heterocycles. The van der Waals surface area contributed by atoms with Crippen molar-refractivity contribution in [1.29, 1.82) is 0 Å². The Morgan fingerprint density at radius 1 is 1.22 bits per heavy atom. The third-order valence-corrected chi connectivity index (χ3v) is 3.55. The second-order valence-corrected chi connectivity index (χ2v) is 4.75. The zero-order valence-corrected chi connectivity index (χ0v) is 11.3. The van der Waals surface area contributed by atoms with Gasteiger partial charge in [-0.3, -0.25) is 0 Å². The maximum atomic E-state index is 5.76.